The van der Waals surface area contributed by atoms with Crippen LogP contribution in [0.1, 0.15) is 33.0 Å². The van der Waals surface area contributed by atoms with E-state index in [9.17, 15) is 14.0 Å². The van der Waals surface area contributed by atoms with Gasteiger partial charge in [-0.2, -0.15) is 0 Å². The highest BCUT2D eigenvalue weighted by molar-refractivity contribution is 9.10. The minimum absolute atomic E-state index is 0.00427. The fourth-order valence-corrected chi connectivity index (χ4v) is 3.42. The monoisotopic (exact) mass is 476 g/mol. The second-order valence-corrected chi connectivity index (χ2v) is 8.52. The Hall–Kier alpha value is -2.81. The normalized spacial score (nSPS) is 11.5. The fraction of sp³-hybridized carbons (Fsp3) is 0.333. The quantitative estimate of drug-likeness (QED) is 0.559. The van der Waals surface area contributed by atoms with Crippen molar-refractivity contribution in [3.63, 3.8) is 0 Å². The van der Waals surface area contributed by atoms with Gasteiger partial charge in [0.05, 0.1) is 17.3 Å². The van der Waals surface area contributed by atoms with Gasteiger partial charge in [-0.1, -0.05) is 0 Å². The molecule has 9 heteroatoms. The molecule has 7 nitrogen and oxygen atoms in total. The van der Waals surface area contributed by atoms with E-state index in [0.29, 0.717) is 35.4 Å². The minimum Gasteiger partial charge on any atom is -0.444 e. The Morgan fingerprint density at radius 2 is 2.07 bits per heavy atom. The lowest BCUT2D eigenvalue weighted by Crippen LogP contribution is -2.33. The first-order chi connectivity index (χ1) is 14.2. The van der Waals surface area contributed by atoms with E-state index in [-0.39, 0.29) is 10.9 Å². The summed E-state index contributed by atoms with van der Waals surface area (Å²) in [4.78, 5) is 33.5. The van der Waals surface area contributed by atoms with Crippen molar-refractivity contribution in [2.75, 3.05) is 6.54 Å². The molecular formula is C21H22BrFN4O3. The fourth-order valence-electron chi connectivity index (χ4n) is 2.93. The van der Waals surface area contributed by atoms with Crippen LogP contribution in [0, 0.1) is 5.82 Å². The van der Waals surface area contributed by atoms with Gasteiger partial charge in [0, 0.05) is 23.6 Å². The lowest BCUT2D eigenvalue weighted by Gasteiger charge is -2.19. The van der Waals surface area contributed by atoms with E-state index in [1.807, 2.05) is 0 Å². The SMILES string of the molecule is CC(C)(C)OC(=O)NCCCc1nc2c(F)ccc(Br)c2c(=O)n1-c1cccnc1. The van der Waals surface area contributed by atoms with Crippen LogP contribution >= 0.6 is 15.9 Å². The second kappa shape index (κ2) is 8.91. The summed E-state index contributed by atoms with van der Waals surface area (Å²) >= 11 is 3.32. The molecule has 0 saturated heterocycles. The number of hydrogen-bond acceptors (Lipinski definition) is 5. The van der Waals surface area contributed by atoms with E-state index in [1.54, 1.807) is 45.3 Å². The van der Waals surface area contributed by atoms with Gasteiger partial charge in [0.1, 0.15) is 22.8 Å². The molecule has 0 bridgehead atoms. The van der Waals surface area contributed by atoms with Gasteiger partial charge < -0.3 is 10.1 Å². The van der Waals surface area contributed by atoms with Crippen LogP contribution in [0.3, 0.4) is 0 Å². The van der Waals surface area contributed by atoms with E-state index in [1.165, 1.54) is 16.7 Å². The Morgan fingerprint density at radius 3 is 2.73 bits per heavy atom. The summed E-state index contributed by atoms with van der Waals surface area (Å²) in [5.74, 6) is -0.194. The average molecular weight is 477 g/mol. The zero-order valence-corrected chi connectivity index (χ0v) is 18.5. The number of amides is 1. The molecule has 0 aliphatic carbocycles. The Kier molecular flexibility index (Phi) is 6.50. The number of hydrogen-bond donors (Lipinski definition) is 1. The molecule has 1 amide bonds. The summed E-state index contributed by atoms with van der Waals surface area (Å²) < 4.78 is 21.5. The molecule has 158 valence electrons. The molecule has 1 aromatic carbocycles. The van der Waals surface area contributed by atoms with Gasteiger partial charge in [-0.05, 0) is 67.4 Å². The van der Waals surface area contributed by atoms with Crippen LogP contribution < -0.4 is 10.9 Å². The molecule has 2 heterocycles. The maximum absolute atomic E-state index is 14.4. The van der Waals surface area contributed by atoms with Crippen molar-refractivity contribution >= 4 is 32.9 Å². The number of halogens is 2. The summed E-state index contributed by atoms with van der Waals surface area (Å²) in [7, 11) is 0. The lowest BCUT2D eigenvalue weighted by atomic mass is 10.2. The maximum Gasteiger partial charge on any atom is 0.407 e. The highest BCUT2D eigenvalue weighted by Crippen LogP contribution is 2.23. The number of fused-ring (bicyclic) bond motifs is 1. The van der Waals surface area contributed by atoms with Gasteiger partial charge in [-0.15, -0.1) is 0 Å². The summed E-state index contributed by atoms with van der Waals surface area (Å²) in [5, 5.41) is 2.83. The summed E-state index contributed by atoms with van der Waals surface area (Å²) in [6.45, 7) is 5.66. The zero-order valence-electron chi connectivity index (χ0n) is 16.9. The van der Waals surface area contributed by atoms with Crippen molar-refractivity contribution in [3.05, 3.63) is 63.1 Å². The van der Waals surface area contributed by atoms with Gasteiger partial charge in [0.2, 0.25) is 0 Å². The maximum atomic E-state index is 14.4. The highest BCUT2D eigenvalue weighted by atomic mass is 79.9. The smallest absolute Gasteiger partial charge is 0.407 e. The number of nitrogens with one attached hydrogen (secondary N) is 1. The first-order valence-electron chi connectivity index (χ1n) is 9.44. The van der Waals surface area contributed by atoms with E-state index in [2.05, 4.69) is 31.2 Å². The molecule has 30 heavy (non-hydrogen) atoms. The number of rotatable bonds is 5. The van der Waals surface area contributed by atoms with Crippen LogP contribution in [0.5, 0.6) is 0 Å². The third kappa shape index (κ3) is 5.02. The Morgan fingerprint density at radius 1 is 1.30 bits per heavy atom. The van der Waals surface area contributed by atoms with Gasteiger partial charge >= 0.3 is 6.09 Å². The van der Waals surface area contributed by atoms with Crippen molar-refractivity contribution < 1.29 is 13.9 Å². The van der Waals surface area contributed by atoms with E-state index in [0.717, 1.165) is 0 Å². The first kappa shape index (κ1) is 21.9. The van der Waals surface area contributed by atoms with Crippen LogP contribution in [-0.4, -0.2) is 32.8 Å². The molecular weight excluding hydrogens is 455 g/mol. The van der Waals surface area contributed by atoms with Crippen LogP contribution in [0.15, 0.2) is 45.9 Å². The number of ether oxygens (including phenoxy) is 1. The van der Waals surface area contributed by atoms with E-state index in [4.69, 9.17) is 4.74 Å². The largest absolute Gasteiger partial charge is 0.444 e. The topological polar surface area (TPSA) is 86.1 Å². The standard InChI is InChI=1S/C21H22BrFN4O3/c1-21(2,3)30-20(29)25-11-5-7-16-26-18-15(23)9-8-14(22)17(18)19(28)27(16)13-6-4-10-24-12-13/h4,6,8-10,12H,5,7,11H2,1-3H3,(H,25,29). The predicted molar refractivity (Wildman–Crippen MR) is 115 cm³/mol. The van der Waals surface area contributed by atoms with Crippen molar-refractivity contribution in [2.45, 2.75) is 39.2 Å². The molecule has 0 unspecified atom stereocenters. The van der Waals surface area contributed by atoms with Gasteiger partial charge in [-0.3, -0.25) is 14.3 Å². The lowest BCUT2D eigenvalue weighted by molar-refractivity contribution is 0.0527. The molecule has 0 atom stereocenters. The Balaban J connectivity index is 1.92. The van der Waals surface area contributed by atoms with Crippen LogP contribution in [0.4, 0.5) is 9.18 Å². The first-order valence-corrected chi connectivity index (χ1v) is 10.2. The molecule has 0 fully saturated rings. The van der Waals surface area contributed by atoms with Crippen molar-refractivity contribution in [3.8, 4) is 5.69 Å². The molecule has 1 N–H and O–H groups in total. The highest BCUT2D eigenvalue weighted by Gasteiger charge is 2.18. The van der Waals surface area contributed by atoms with Gasteiger partial charge in [0.15, 0.2) is 0 Å². The molecule has 3 aromatic rings. The van der Waals surface area contributed by atoms with Gasteiger partial charge in [0.25, 0.3) is 5.56 Å². The van der Waals surface area contributed by atoms with Crippen LogP contribution in [-0.2, 0) is 11.2 Å². The Bertz CT molecular complexity index is 1130. The number of nitrogens with zero attached hydrogens (tertiary/aromatic N) is 3. The molecule has 0 aliphatic rings. The van der Waals surface area contributed by atoms with Crippen molar-refractivity contribution in [1.82, 2.24) is 19.9 Å². The van der Waals surface area contributed by atoms with Crippen molar-refractivity contribution in [2.24, 2.45) is 0 Å². The number of pyridine rings is 1. The number of carbonyl (C=O) groups is 1. The predicted octanol–water partition coefficient (Wildman–Crippen LogP) is 4.14. The van der Waals surface area contributed by atoms with Crippen LogP contribution in [0.25, 0.3) is 16.6 Å². The molecule has 2 aromatic heterocycles. The van der Waals surface area contributed by atoms with E-state index >= 15 is 0 Å². The van der Waals surface area contributed by atoms with E-state index < -0.39 is 23.1 Å². The van der Waals surface area contributed by atoms with Crippen LogP contribution in [0.2, 0.25) is 0 Å². The summed E-state index contributed by atoms with van der Waals surface area (Å²) in [6, 6.07) is 6.19. The number of carbonyl (C=O) groups excluding carboxylic acids is 1. The Labute approximate surface area is 181 Å². The second-order valence-electron chi connectivity index (χ2n) is 7.66. The number of aromatic nitrogens is 3. The summed E-state index contributed by atoms with van der Waals surface area (Å²) in [6.07, 6.45) is 3.44. The third-order valence-electron chi connectivity index (χ3n) is 4.14. The molecule has 0 saturated carbocycles. The summed E-state index contributed by atoms with van der Waals surface area (Å²) in [5.41, 5.74) is -0.447. The number of aryl methyl sites for hydroxylation is 1. The van der Waals surface area contributed by atoms with Crippen molar-refractivity contribution in [1.29, 1.82) is 0 Å². The molecule has 3 rings (SSSR count). The molecule has 0 spiro atoms. The molecule has 0 aliphatic heterocycles. The third-order valence-corrected chi connectivity index (χ3v) is 4.80. The average Bonchev–Trinajstić information content (AvgIpc) is 2.67. The number of alkyl carbamates (subject to hydrolysis) is 1. The zero-order chi connectivity index (χ0) is 21.9. The molecule has 0 radical (unpaired) electrons. The minimum atomic E-state index is -0.588. The number of benzene rings is 1. The van der Waals surface area contributed by atoms with Gasteiger partial charge in [-0.25, -0.2) is 14.2 Å².